The standard InChI is InChI=1S/C12H17Cl2N3/c1-16(2)9-3-4-17(7-9)12-10(13)5-8(15)6-11(12)14/h5-6,9H,3-4,7,15H2,1-2H3. The third-order valence-corrected chi connectivity index (χ3v) is 3.83. The van der Waals surface area contributed by atoms with Gasteiger partial charge in [-0.05, 0) is 32.6 Å². The van der Waals surface area contributed by atoms with Crippen LogP contribution in [0.4, 0.5) is 11.4 Å². The summed E-state index contributed by atoms with van der Waals surface area (Å²) < 4.78 is 0. The van der Waals surface area contributed by atoms with Gasteiger partial charge >= 0.3 is 0 Å². The molecule has 0 amide bonds. The molecule has 3 nitrogen and oxygen atoms in total. The molecule has 0 saturated carbocycles. The van der Waals surface area contributed by atoms with Gasteiger partial charge in [0.1, 0.15) is 0 Å². The Morgan fingerprint density at radius 2 is 1.88 bits per heavy atom. The van der Waals surface area contributed by atoms with Crippen LogP contribution in [0.3, 0.4) is 0 Å². The molecule has 0 radical (unpaired) electrons. The number of nitrogens with zero attached hydrogens (tertiary/aromatic N) is 2. The number of hydrogen-bond acceptors (Lipinski definition) is 3. The summed E-state index contributed by atoms with van der Waals surface area (Å²) in [5, 5.41) is 1.27. The molecule has 0 spiro atoms. The van der Waals surface area contributed by atoms with E-state index >= 15 is 0 Å². The van der Waals surface area contributed by atoms with Crippen LogP contribution in [0.2, 0.25) is 10.0 Å². The topological polar surface area (TPSA) is 32.5 Å². The average molecular weight is 274 g/mol. The predicted molar refractivity (Wildman–Crippen MR) is 75.2 cm³/mol. The molecule has 1 unspecified atom stereocenters. The van der Waals surface area contributed by atoms with Crippen LogP contribution < -0.4 is 10.6 Å². The van der Waals surface area contributed by atoms with E-state index in [4.69, 9.17) is 28.9 Å². The summed E-state index contributed by atoms with van der Waals surface area (Å²) in [6.07, 6.45) is 1.13. The number of benzene rings is 1. The molecule has 0 aromatic heterocycles. The quantitative estimate of drug-likeness (QED) is 0.842. The summed E-state index contributed by atoms with van der Waals surface area (Å²) in [6.45, 7) is 1.93. The molecule has 1 aromatic rings. The lowest BCUT2D eigenvalue weighted by Crippen LogP contribution is -2.31. The number of nitrogen functional groups attached to an aromatic ring is 1. The van der Waals surface area contributed by atoms with Gasteiger partial charge in [-0.3, -0.25) is 0 Å². The molecule has 1 aromatic carbocycles. The van der Waals surface area contributed by atoms with E-state index in [0.29, 0.717) is 21.8 Å². The fraction of sp³-hybridized carbons (Fsp3) is 0.500. The number of halogens is 2. The molecule has 0 bridgehead atoms. The van der Waals surface area contributed by atoms with Crippen molar-refractivity contribution in [1.29, 1.82) is 0 Å². The van der Waals surface area contributed by atoms with E-state index in [1.54, 1.807) is 12.1 Å². The van der Waals surface area contributed by atoms with Crippen molar-refractivity contribution in [3.8, 4) is 0 Å². The maximum atomic E-state index is 6.22. The second kappa shape index (κ2) is 4.92. The van der Waals surface area contributed by atoms with Crippen LogP contribution in [0, 0.1) is 0 Å². The average Bonchev–Trinajstić information content (AvgIpc) is 2.65. The molecule has 1 heterocycles. The Morgan fingerprint density at radius 1 is 1.29 bits per heavy atom. The first-order valence-electron chi connectivity index (χ1n) is 5.65. The molecule has 1 aliphatic rings. The van der Waals surface area contributed by atoms with Crippen LogP contribution in [-0.2, 0) is 0 Å². The fourth-order valence-electron chi connectivity index (χ4n) is 2.25. The zero-order valence-corrected chi connectivity index (χ0v) is 11.6. The Kier molecular flexibility index (Phi) is 3.71. The second-order valence-corrected chi connectivity index (χ2v) is 5.50. The highest BCUT2D eigenvalue weighted by molar-refractivity contribution is 6.39. The number of rotatable bonds is 2. The lowest BCUT2D eigenvalue weighted by atomic mass is 10.2. The van der Waals surface area contributed by atoms with E-state index in [9.17, 15) is 0 Å². The van der Waals surface area contributed by atoms with Crippen molar-refractivity contribution in [2.24, 2.45) is 0 Å². The Morgan fingerprint density at radius 3 is 2.35 bits per heavy atom. The van der Waals surface area contributed by atoms with Gasteiger partial charge in [0.2, 0.25) is 0 Å². The molecule has 2 N–H and O–H groups in total. The summed E-state index contributed by atoms with van der Waals surface area (Å²) in [7, 11) is 4.20. The Balaban J connectivity index is 2.25. The highest BCUT2D eigenvalue weighted by Gasteiger charge is 2.26. The third-order valence-electron chi connectivity index (χ3n) is 3.25. The van der Waals surface area contributed by atoms with Gasteiger partial charge in [-0.15, -0.1) is 0 Å². The Hall–Kier alpha value is -0.640. The molecule has 5 heteroatoms. The minimum absolute atomic E-state index is 0.555. The third kappa shape index (κ3) is 2.62. The van der Waals surface area contributed by atoms with Crippen LogP contribution in [0.25, 0.3) is 0 Å². The first kappa shape index (κ1) is 12.8. The van der Waals surface area contributed by atoms with Gasteiger partial charge in [0.15, 0.2) is 0 Å². The number of nitrogens with two attached hydrogens (primary N) is 1. The lowest BCUT2D eigenvalue weighted by Gasteiger charge is -2.23. The lowest BCUT2D eigenvalue weighted by molar-refractivity contribution is 0.315. The molecule has 1 fully saturated rings. The maximum Gasteiger partial charge on any atom is 0.0747 e. The van der Waals surface area contributed by atoms with E-state index in [0.717, 1.165) is 25.2 Å². The van der Waals surface area contributed by atoms with E-state index in [1.807, 2.05) is 0 Å². The molecule has 1 aliphatic heterocycles. The van der Waals surface area contributed by atoms with Gasteiger partial charge in [-0.25, -0.2) is 0 Å². The van der Waals surface area contributed by atoms with Gasteiger partial charge in [-0.1, -0.05) is 23.2 Å². The van der Waals surface area contributed by atoms with Gasteiger partial charge in [0, 0.05) is 24.8 Å². The van der Waals surface area contributed by atoms with Crippen LogP contribution in [0.1, 0.15) is 6.42 Å². The summed E-state index contributed by atoms with van der Waals surface area (Å²) in [5.74, 6) is 0. The number of likely N-dealkylation sites (N-methyl/N-ethyl adjacent to an activating group) is 1. The van der Waals surface area contributed by atoms with Crippen molar-refractivity contribution in [2.45, 2.75) is 12.5 Å². The van der Waals surface area contributed by atoms with Gasteiger partial charge in [0.05, 0.1) is 15.7 Å². The largest absolute Gasteiger partial charge is 0.399 e. The van der Waals surface area contributed by atoms with Crippen LogP contribution in [0.5, 0.6) is 0 Å². The van der Waals surface area contributed by atoms with Crippen molar-refractivity contribution in [2.75, 3.05) is 37.8 Å². The molecule has 0 aliphatic carbocycles. The number of hydrogen-bond donors (Lipinski definition) is 1. The van der Waals surface area contributed by atoms with Crippen molar-refractivity contribution in [1.82, 2.24) is 4.90 Å². The molecular weight excluding hydrogens is 257 g/mol. The zero-order chi connectivity index (χ0) is 12.6. The van der Waals surface area contributed by atoms with Gasteiger partial charge in [0.25, 0.3) is 0 Å². The van der Waals surface area contributed by atoms with Crippen molar-refractivity contribution < 1.29 is 0 Å². The smallest absolute Gasteiger partial charge is 0.0747 e. The van der Waals surface area contributed by atoms with E-state index in [2.05, 4.69) is 23.9 Å². The van der Waals surface area contributed by atoms with Crippen molar-refractivity contribution >= 4 is 34.6 Å². The maximum absolute atomic E-state index is 6.22. The van der Waals surface area contributed by atoms with Gasteiger partial charge in [-0.2, -0.15) is 0 Å². The van der Waals surface area contributed by atoms with E-state index in [-0.39, 0.29) is 0 Å². The van der Waals surface area contributed by atoms with Gasteiger partial charge < -0.3 is 15.5 Å². The molecule has 94 valence electrons. The second-order valence-electron chi connectivity index (χ2n) is 4.69. The fourth-order valence-corrected chi connectivity index (χ4v) is 3.00. The minimum atomic E-state index is 0.555. The molecule has 17 heavy (non-hydrogen) atoms. The molecule has 1 atom stereocenters. The Bertz CT molecular complexity index is 397. The predicted octanol–water partition coefficient (Wildman–Crippen LogP) is 2.72. The Labute approximate surface area is 112 Å². The van der Waals surface area contributed by atoms with Crippen LogP contribution in [-0.4, -0.2) is 38.1 Å². The highest BCUT2D eigenvalue weighted by Crippen LogP contribution is 2.37. The number of anilines is 2. The van der Waals surface area contributed by atoms with E-state index in [1.165, 1.54) is 0 Å². The van der Waals surface area contributed by atoms with Crippen molar-refractivity contribution in [3.63, 3.8) is 0 Å². The SMILES string of the molecule is CN(C)C1CCN(c2c(Cl)cc(N)cc2Cl)C1. The molecule has 1 saturated heterocycles. The van der Waals surface area contributed by atoms with E-state index < -0.39 is 0 Å². The monoisotopic (exact) mass is 273 g/mol. The van der Waals surface area contributed by atoms with Crippen LogP contribution in [0.15, 0.2) is 12.1 Å². The highest BCUT2D eigenvalue weighted by atomic mass is 35.5. The summed E-state index contributed by atoms with van der Waals surface area (Å²) in [6, 6.07) is 4.07. The normalized spacial score (nSPS) is 20.3. The van der Waals surface area contributed by atoms with Crippen molar-refractivity contribution in [3.05, 3.63) is 22.2 Å². The van der Waals surface area contributed by atoms with Crippen LogP contribution >= 0.6 is 23.2 Å². The first-order valence-corrected chi connectivity index (χ1v) is 6.40. The summed E-state index contributed by atoms with van der Waals surface area (Å²) in [4.78, 5) is 4.47. The molecule has 2 rings (SSSR count). The minimum Gasteiger partial charge on any atom is -0.399 e. The summed E-state index contributed by atoms with van der Waals surface area (Å²) in [5.41, 5.74) is 7.22. The molecular formula is C12H17Cl2N3. The first-order chi connectivity index (χ1) is 7.99. The summed E-state index contributed by atoms with van der Waals surface area (Å²) >= 11 is 12.4. The zero-order valence-electron chi connectivity index (χ0n) is 10.1.